The largest absolute Gasteiger partial charge is 0.496 e. The van der Waals surface area contributed by atoms with Gasteiger partial charge in [-0.2, -0.15) is 0 Å². The number of ether oxygens (including phenoxy) is 3. The molecule has 0 aliphatic carbocycles. The molecule has 8 heteroatoms. The van der Waals surface area contributed by atoms with E-state index in [1.165, 1.54) is 33.1 Å². The molecule has 0 saturated heterocycles. The van der Waals surface area contributed by atoms with Crippen LogP contribution in [0.3, 0.4) is 0 Å². The molecule has 0 aliphatic heterocycles. The zero-order valence-corrected chi connectivity index (χ0v) is 14.9. The number of nitrogens with one attached hydrogen (secondary N) is 1. The van der Waals surface area contributed by atoms with Gasteiger partial charge in [-0.3, -0.25) is 14.4 Å². The minimum absolute atomic E-state index is 0.0385. The molecule has 138 valence electrons. The van der Waals surface area contributed by atoms with Gasteiger partial charge in [0.05, 0.1) is 18.0 Å². The molecule has 0 aliphatic rings. The highest BCUT2D eigenvalue weighted by Gasteiger charge is 2.21. The Morgan fingerprint density at radius 2 is 1.59 bits per heavy atom. The number of rotatable bonds is 4. The molecular formula is C19H16N2O6. The van der Waals surface area contributed by atoms with Crippen molar-refractivity contribution in [3.63, 3.8) is 0 Å². The number of aromatic nitrogens is 2. The van der Waals surface area contributed by atoms with Crippen LogP contribution in [0.25, 0.3) is 22.3 Å². The minimum Gasteiger partial charge on any atom is -0.496 e. The molecule has 1 N–H and O–H groups in total. The van der Waals surface area contributed by atoms with Crippen molar-refractivity contribution in [1.29, 1.82) is 0 Å². The lowest BCUT2D eigenvalue weighted by molar-refractivity contribution is -0.132. The zero-order valence-electron chi connectivity index (χ0n) is 14.9. The Morgan fingerprint density at radius 3 is 2.15 bits per heavy atom. The number of methoxy groups -OCH3 is 1. The maximum atomic E-state index is 12.4. The van der Waals surface area contributed by atoms with Crippen LogP contribution in [0, 0.1) is 0 Å². The highest BCUT2D eigenvalue weighted by Crippen LogP contribution is 2.40. The van der Waals surface area contributed by atoms with E-state index >= 15 is 0 Å². The van der Waals surface area contributed by atoms with Gasteiger partial charge in [-0.05, 0) is 12.1 Å². The van der Waals surface area contributed by atoms with E-state index < -0.39 is 11.9 Å². The molecule has 0 atom stereocenters. The average Bonchev–Trinajstić information content (AvgIpc) is 2.60. The number of carbonyl (C=O) groups excluding carboxylic acids is 2. The standard InChI is InChI=1S/C19H16N2O6/c1-10(22)26-15-8-12(25-3)9-16(27-11(2)23)17(15)18-20-14-7-5-4-6-13(14)19(24)21-18/h4-9H,1-3H3,(H,20,21,24). The average molecular weight is 368 g/mol. The third-order valence-corrected chi connectivity index (χ3v) is 3.63. The van der Waals surface area contributed by atoms with Gasteiger partial charge < -0.3 is 19.2 Å². The van der Waals surface area contributed by atoms with Gasteiger partial charge in [-0.25, -0.2) is 4.98 Å². The highest BCUT2D eigenvalue weighted by molar-refractivity contribution is 5.85. The van der Waals surface area contributed by atoms with E-state index in [9.17, 15) is 14.4 Å². The van der Waals surface area contributed by atoms with Crippen molar-refractivity contribution in [3.8, 4) is 28.6 Å². The number of fused-ring (bicyclic) bond motifs is 1. The highest BCUT2D eigenvalue weighted by atomic mass is 16.5. The second-order valence-electron chi connectivity index (χ2n) is 5.62. The Labute approximate surface area is 153 Å². The first-order valence-corrected chi connectivity index (χ1v) is 7.97. The SMILES string of the molecule is COc1cc(OC(C)=O)c(-c2nc3ccccc3c(=O)[nH]2)c(OC(C)=O)c1. The third kappa shape index (κ3) is 3.79. The van der Waals surface area contributed by atoms with Crippen LogP contribution in [0.2, 0.25) is 0 Å². The van der Waals surface area contributed by atoms with Crippen molar-refractivity contribution in [2.45, 2.75) is 13.8 Å². The number of H-pyrrole nitrogens is 1. The van der Waals surface area contributed by atoms with E-state index in [0.29, 0.717) is 16.7 Å². The van der Waals surface area contributed by atoms with Crippen molar-refractivity contribution in [3.05, 3.63) is 46.8 Å². The summed E-state index contributed by atoms with van der Waals surface area (Å²) >= 11 is 0. The van der Waals surface area contributed by atoms with Crippen molar-refractivity contribution in [1.82, 2.24) is 9.97 Å². The van der Waals surface area contributed by atoms with Gasteiger partial charge in [0, 0.05) is 26.0 Å². The fourth-order valence-electron chi connectivity index (χ4n) is 2.59. The minimum atomic E-state index is -0.596. The van der Waals surface area contributed by atoms with Crippen LogP contribution in [-0.4, -0.2) is 29.0 Å². The number of benzene rings is 2. The first-order valence-electron chi connectivity index (χ1n) is 7.97. The second-order valence-corrected chi connectivity index (χ2v) is 5.62. The molecule has 0 saturated carbocycles. The molecule has 0 spiro atoms. The van der Waals surface area contributed by atoms with Gasteiger partial charge in [0.15, 0.2) is 0 Å². The molecule has 3 rings (SSSR count). The van der Waals surface area contributed by atoms with E-state index in [2.05, 4.69) is 9.97 Å². The summed E-state index contributed by atoms with van der Waals surface area (Å²) in [5.74, 6) is -0.723. The fraction of sp³-hybridized carbons (Fsp3) is 0.158. The van der Waals surface area contributed by atoms with Crippen molar-refractivity contribution < 1.29 is 23.8 Å². The lowest BCUT2D eigenvalue weighted by atomic mass is 10.1. The van der Waals surface area contributed by atoms with Gasteiger partial charge in [-0.15, -0.1) is 0 Å². The Balaban J connectivity index is 2.33. The monoisotopic (exact) mass is 368 g/mol. The number of para-hydroxylation sites is 1. The topological polar surface area (TPSA) is 108 Å². The van der Waals surface area contributed by atoms with E-state index in [1.807, 2.05) is 0 Å². The van der Waals surface area contributed by atoms with Crippen LogP contribution in [0.1, 0.15) is 13.8 Å². The Hall–Kier alpha value is -3.68. The lowest BCUT2D eigenvalue weighted by Gasteiger charge is -2.15. The molecule has 1 heterocycles. The fourth-order valence-corrected chi connectivity index (χ4v) is 2.59. The lowest BCUT2D eigenvalue weighted by Crippen LogP contribution is -2.12. The summed E-state index contributed by atoms with van der Waals surface area (Å²) in [7, 11) is 1.42. The van der Waals surface area contributed by atoms with Crippen molar-refractivity contribution in [2.75, 3.05) is 7.11 Å². The molecule has 2 aromatic carbocycles. The van der Waals surface area contributed by atoms with Gasteiger partial charge in [-0.1, -0.05) is 12.1 Å². The molecule has 8 nitrogen and oxygen atoms in total. The number of esters is 2. The summed E-state index contributed by atoms with van der Waals surface area (Å²) in [5, 5.41) is 0.401. The van der Waals surface area contributed by atoms with Gasteiger partial charge in [0.2, 0.25) is 0 Å². The van der Waals surface area contributed by atoms with Crippen molar-refractivity contribution in [2.24, 2.45) is 0 Å². The first kappa shape index (κ1) is 18.1. The maximum Gasteiger partial charge on any atom is 0.308 e. The number of aromatic amines is 1. The second kappa shape index (κ2) is 7.28. The molecule has 3 aromatic rings. The molecular weight excluding hydrogens is 352 g/mol. The normalized spacial score (nSPS) is 10.5. The molecule has 0 radical (unpaired) electrons. The quantitative estimate of drug-likeness (QED) is 0.557. The summed E-state index contributed by atoms with van der Waals surface area (Å²) in [4.78, 5) is 42.6. The summed E-state index contributed by atoms with van der Waals surface area (Å²) in [6.45, 7) is 2.46. The smallest absolute Gasteiger partial charge is 0.308 e. The van der Waals surface area contributed by atoms with Crippen LogP contribution in [0.15, 0.2) is 41.2 Å². The molecule has 0 bridgehead atoms. The first-order chi connectivity index (χ1) is 12.9. The number of nitrogens with zero attached hydrogens (tertiary/aromatic N) is 1. The van der Waals surface area contributed by atoms with Gasteiger partial charge in [0.1, 0.15) is 28.6 Å². The van der Waals surface area contributed by atoms with Gasteiger partial charge >= 0.3 is 11.9 Å². The molecule has 0 fully saturated rings. The summed E-state index contributed by atoms with van der Waals surface area (Å²) < 4.78 is 15.7. The summed E-state index contributed by atoms with van der Waals surface area (Å²) in [6, 6.07) is 9.67. The van der Waals surface area contributed by atoms with Crippen LogP contribution in [0.4, 0.5) is 0 Å². The molecule has 27 heavy (non-hydrogen) atoms. The van der Waals surface area contributed by atoms with Crippen LogP contribution in [0.5, 0.6) is 17.2 Å². The summed E-state index contributed by atoms with van der Waals surface area (Å²) in [6.07, 6.45) is 0. The summed E-state index contributed by atoms with van der Waals surface area (Å²) in [5.41, 5.74) is 0.215. The predicted molar refractivity (Wildman–Crippen MR) is 97.0 cm³/mol. The van der Waals surface area contributed by atoms with Crippen molar-refractivity contribution >= 4 is 22.8 Å². The van der Waals surface area contributed by atoms with Crippen LogP contribution >= 0.6 is 0 Å². The number of hydrogen-bond acceptors (Lipinski definition) is 7. The molecule has 0 unspecified atom stereocenters. The van der Waals surface area contributed by atoms with Crippen LogP contribution in [-0.2, 0) is 9.59 Å². The van der Waals surface area contributed by atoms with E-state index in [-0.39, 0.29) is 28.4 Å². The zero-order chi connectivity index (χ0) is 19.6. The number of hydrogen-bond donors (Lipinski definition) is 1. The van der Waals surface area contributed by atoms with Gasteiger partial charge in [0.25, 0.3) is 5.56 Å². The maximum absolute atomic E-state index is 12.4. The van der Waals surface area contributed by atoms with E-state index in [4.69, 9.17) is 14.2 Å². The van der Waals surface area contributed by atoms with Crippen LogP contribution < -0.4 is 19.8 Å². The van der Waals surface area contributed by atoms with E-state index in [1.54, 1.807) is 24.3 Å². The molecule has 0 amide bonds. The Bertz CT molecular complexity index is 1070. The number of carbonyl (C=O) groups is 2. The third-order valence-electron chi connectivity index (χ3n) is 3.63. The Kier molecular flexibility index (Phi) is 4.89. The van der Waals surface area contributed by atoms with E-state index in [0.717, 1.165) is 0 Å². The molecule has 1 aromatic heterocycles. The predicted octanol–water partition coefficient (Wildman–Crippen LogP) is 2.45. The Morgan fingerprint density at radius 1 is 1.00 bits per heavy atom.